The Bertz CT molecular complexity index is 1310. The molecule has 166 valence electrons. The lowest BCUT2D eigenvalue weighted by atomic mass is 9.86. The Morgan fingerprint density at radius 2 is 1.64 bits per heavy atom. The molecule has 3 aromatic heterocycles. The van der Waals surface area contributed by atoms with Gasteiger partial charge in [-0.15, -0.1) is 0 Å². The van der Waals surface area contributed by atoms with E-state index in [9.17, 15) is 0 Å². The lowest BCUT2D eigenvalue weighted by Gasteiger charge is -2.30. The third-order valence-electron chi connectivity index (χ3n) is 7.74. The van der Waals surface area contributed by atoms with Crippen molar-refractivity contribution in [3.63, 3.8) is 0 Å². The maximum Gasteiger partial charge on any atom is 0.165 e. The Hall–Kier alpha value is -3.25. The molecule has 2 bridgehead atoms. The summed E-state index contributed by atoms with van der Waals surface area (Å²) in [6, 6.07) is 15.7. The van der Waals surface area contributed by atoms with Crippen molar-refractivity contribution in [3.8, 4) is 22.4 Å². The Morgan fingerprint density at radius 1 is 0.848 bits per heavy atom. The molecule has 2 aliphatic heterocycles. The number of nitrogens with two attached hydrogens (primary N) is 1. The topological polar surface area (TPSA) is 81.1 Å². The Labute approximate surface area is 193 Å². The summed E-state index contributed by atoms with van der Waals surface area (Å²) in [6.45, 7) is 0. The highest BCUT2D eigenvalue weighted by Gasteiger charge is 2.39. The minimum atomic E-state index is 0.480. The van der Waals surface area contributed by atoms with Crippen LogP contribution in [0.5, 0.6) is 0 Å². The molecule has 1 aromatic carbocycles. The van der Waals surface area contributed by atoms with Crippen LogP contribution < -0.4 is 11.1 Å². The van der Waals surface area contributed by atoms with Crippen molar-refractivity contribution in [2.24, 2.45) is 0 Å². The summed E-state index contributed by atoms with van der Waals surface area (Å²) in [5.41, 5.74) is 14.2. The molecule has 3 N–H and O–H groups in total. The maximum absolute atomic E-state index is 6.77. The number of rotatable bonds is 4. The molecule has 2 saturated heterocycles. The van der Waals surface area contributed by atoms with E-state index in [-0.39, 0.29) is 0 Å². The van der Waals surface area contributed by atoms with Gasteiger partial charge in [-0.1, -0.05) is 36.4 Å². The average molecular weight is 437 g/mol. The quantitative estimate of drug-likeness (QED) is 0.475. The number of piperidine rings is 1. The van der Waals surface area contributed by atoms with E-state index in [0.29, 0.717) is 23.9 Å². The van der Waals surface area contributed by atoms with Gasteiger partial charge in [0.05, 0.1) is 17.6 Å². The van der Waals surface area contributed by atoms with Crippen LogP contribution >= 0.6 is 0 Å². The summed E-state index contributed by atoms with van der Waals surface area (Å²) >= 11 is 0. The lowest BCUT2D eigenvalue weighted by molar-refractivity contribution is 0.357. The van der Waals surface area contributed by atoms with E-state index >= 15 is 0 Å². The number of fused-ring (bicyclic) bond motifs is 3. The standard InChI is InChI=1S/C27H28N6/c28-26-24(17-6-7-17)25(19-12-20-9-10-21(13-19)31-20)32-27-22(15-30-33(26)27)18-8-11-23(29-14-18)16-4-2-1-3-5-16/h1-5,8,11,14-15,17,19-21,31H,6-7,9-10,12-13,28H2. The molecule has 6 heteroatoms. The average Bonchev–Trinajstić information content (AvgIpc) is 3.51. The molecule has 33 heavy (non-hydrogen) atoms. The molecular weight excluding hydrogens is 408 g/mol. The van der Waals surface area contributed by atoms with Gasteiger partial charge in [0.25, 0.3) is 0 Å². The largest absolute Gasteiger partial charge is 0.383 e. The fourth-order valence-corrected chi connectivity index (χ4v) is 5.96. The molecule has 0 radical (unpaired) electrons. The highest BCUT2D eigenvalue weighted by Crippen LogP contribution is 2.48. The normalized spacial score (nSPS) is 24.4. The van der Waals surface area contributed by atoms with Crippen molar-refractivity contribution in [3.05, 3.63) is 66.1 Å². The van der Waals surface area contributed by atoms with Crippen LogP contribution in [0.25, 0.3) is 28.0 Å². The third-order valence-corrected chi connectivity index (χ3v) is 7.74. The molecule has 3 aliphatic rings. The molecule has 2 unspecified atom stereocenters. The highest BCUT2D eigenvalue weighted by atomic mass is 15.3. The van der Waals surface area contributed by atoms with Crippen LogP contribution in [0.2, 0.25) is 0 Å². The fraction of sp³-hybridized carbons (Fsp3) is 0.370. The first kappa shape index (κ1) is 19.2. The molecule has 4 aromatic rings. The van der Waals surface area contributed by atoms with Gasteiger partial charge < -0.3 is 11.1 Å². The van der Waals surface area contributed by atoms with Crippen molar-refractivity contribution in [2.45, 2.75) is 62.4 Å². The number of nitrogens with one attached hydrogen (secondary N) is 1. The number of hydrogen-bond acceptors (Lipinski definition) is 5. The Morgan fingerprint density at radius 3 is 2.33 bits per heavy atom. The van der Waals surface area contributed by atoms with Crippen molar-refractivity contribution in [1.29, 1.82) is 0 Å². The molecular formula is C27H28N6. The van der Waals surface area contributed by atoms with Crippen LogP contribution in [-0.4, -0.2) is 31.7 Å². The molecule has 3 fully saturated rings. The molecule has 1 saturated carbocycles. The van der Waals surface area contributed by atoms with Crippen molar-refractivity contribution < 1.29 is 0 Å². The fourth-order valence-electron chi connectivity index (χ4n) is 5.96. The van der Waals surface area contributed by atoms with Crippen LogP contribution in [0, 0.1) is 0 Å². The Kier molecular flexibility index (Phi) is 4.31. The van der Waals surface area contributed by atoms with Crippen LogP contribution in [0.4, 0.5) is 5.82 Å². The smallest absolute Gasteiger partial charge is 0.165 e. The van der Waals surface area contributed by atoms with Crippen molar-refractivity contribution >= 4 is 11.5 Å². The molecule has 2 atom stereocenters. The second-order valence-corrected chi connectivity index (χ2v) is 9.97. The van der Waals surface area contributed by atoms with Crippen LogP contribution in [-0.2, 0) is 0 Å². The van der Waals surface area contributed by atoms with E-state index < -0.39 is 0 Å². The molecule has 6 nitrogen and oxygen atoms in total. The Balaban J connectivity index is 1.32. The second-order valence-electron chi connectivity index (χ2n) is 9.97. The summed E-state index contributed by atoms with van der Waals surface area (Å²) in [7, 11) is 0. The predicted molar refractivity (Wildman–Crippen MR) is 130 cm³/mol. The first-order valence-electron chi connectivity index (χ1n) is 12.2. The number of pyridine rings is 1. The van der Waals surface area contributed by atoms with E-state index in [4.69, 9.17) is 15.7 Å². The first-order chi connectivity index (χ1) is 16.2. The molecule has 1 aliphatic carbocycles. The van der Waals surface area contributed by atoms with Crippen LogP contribution in [0.15, 0.2) is 54.9 Å². The number of anilines is 1. The third kappa shape index (κ3) is 3.23. The van der Waals surface area contributed by atoms with Gasteiger partial charge in [-0.25, -0.2) is 4.98 Å². The lowest BCUT2D eigenvalue weighted by Crippen LogP contribution is -2.37. The molecule has 0 spiro atoms. The van der Waals surface area contributed by atoms with Gasteiger partial charge >= 0.3 is 0 Å². The zero-order chi connectivity index (χ0) is 21.9. The molecule has 7 rings (SSSR count). The van der Waals surface area contributed by atoms with E-state index in [1.165, 1.54) is 36.9 Å². The minimum absolute atomic E-state index is 0.480. The van der Waals surface area contributed by atoms with Gasteiger partial charge in [-0.05, 0) is 50.5 Å². The molecule has 0 amide bonds. The zero-order valence-electron chi connectivity index (χ0n) is 18.6. The summed E-state index contributed by atoms with van der Waals surface area (Å²) < 4.78 is 1.85. The summed E-state index contributed by atoms with van der Waals surface area (Å²) in [4.78, 5) is 10.0. The number of benzene rings is 1. The van der Waals surface area contributed by atoms with Gasteiger partial charge in [-0.3, -0.25) is 4.98 Å². The summed E-state index contributed by atoms with van der Waals surface area (Å²) in [6.07, 6.45) is 11.1. The van der Waals surface area contributed by atoms with Gasteiger partial charge in [0.2, 0.25) is 0 Å². The summed E-state index contributed by atoms with van der Waals surface area (Å²) in [5.74, 6) is 1.81. The van der Waals surface area contributed by atoms with E-state index in [1.807, 2.05) is 35.1 Å². The monoisotopic (exact) mass is 436 g/mol. The van der Waals surface area contributed by atoms with Gasteiger partial charge in [0.15, 0.2) is 5.65 Å². The van der Waals surface area contributed by atoms with E-state index in [1.54, 1.807) is 0 Å². The van der Waals surface area contributed by atoms with Gasteiger partial charge in [-0.2, -0.15) is 9.61 Å². The van der Waals surface area contributed by atoms with Gasteiger partial charge in [0.1, 0.15) is 5.82 Å². The number of nitrogen functional groups attached to an aromatic ring is 1. The van der Waals surface area contributed by atoms with Gasteiger partial charge in [0, 0.05) is 46.5 Å². The molecule has 5 heterocycles. The zero-order valence-corrected chi connectivity index (χ0v) is 18.6. The second kappa shape index (κ2) is 7.39. The highest BCUT2D eigenvalue weighted by molar-refractivity contribution is 5.79. The first-order valence-corrected chi connectivity index (χ1v) is 12.2. The predicted octanol–water partition coefficient (Wildman–Crippen LogP) is 4.92. The van der Waals surface area contributed by atoms with Crippen molar-refractivity contribution in [1.82, 2.24) is 24.9 Å². The van der Waals surface area contributed by atoms with E-state index in [2.05, 4.69) is 34.7 Å². The number of aromatic nitrogens is 4. The minimum Gasteiger partial charge on any atom is -0.383 e. The van der Waals surface area contributed by atoms with E-state index in [0.717, 1.165) is 46.7 Å². The maximum atomic E-state index is 6.77. The number of nitrogens with zero attached hydrogens (tertiary/aromatic N) is 4. The summed E-state index contributed by atoms with van der Waals surface area (Å²) in [5, 5.41) is 8.44. The number of hydrogen-bond donors (Lipinski definition) is 2. The SMILES string of the molecule is Nc1c(C2CC2)c(C2CC3CCC(C2)N3)nc2c(-c3ccc(-c4ccccc4)nc3)cnn12. The van der Waals surface area contributed by atoms with Crippen LogP contribution in [0.3, 0.4) is 0 Å². The van der Waals surface area contributed by atoms with Crippen LogP contribution in [0.1, 0.15) is 61.6 Å². The van der Waals surface area contributed by atoms with Crippen molar-refractivity contribution in [2.75, 3.05) is 5.73 Å².